The molecule has 6 nitrogen and oxygen atoms in total. The number of carboxylic acids is 1. The predicted octanol–water partition coefficient (Wildman–Crippen LogP) is 0.248. The monoisotopic (exact) mass is 296 g/mol. The molecule has 1 aromatic carbocycles. The molecule has 0 radical (unpaired) electrons. The molecule has 1 aliphatic heterocycles. The molecular formula is C13H16N2O4S. The molecule has 0 aromatic heterocycles. The van der Waals surface area contributed by atoms with Crippen molar-refractivity contribution in [3.8, 4) is 5.75 Å². The number of phenols is 1. The van der Waals surface area contributed by atoms with E-state index in [9.17, 15) is 14.7 Å². The predicted molar refractivity (Wildman–Crippen MR) is 75.4 cm³/mol. The van der Waals surface area contributed by atoms with E-state index in [1.165, 1.54) is 28.8 Å². The third-order valence-corrected chi connectivity index (χ3v) is 4.17. The Morgan fingerprint density at radius 2 is 2.05 bits per heavy atom. The van der Waals surface area contributed by atoms with E-state index in [0.29, 0.717) is 18.1 Å². The summed E-state index contributed by atoms with van der Waals surface area (Å²) < 4.78 is 0. The van der Waals surface area contributed by atoms with Gasteiger partial charge in [0.2, 0.25) is 5.91 Å². The third kappa shape index (κ3) is 3.23. The fourth-order valence-corrected chi connectivity index (χ4v) is 3.21. The fraction of sp³-hybridized carbons (Fsp3) is 0.385. The van der Waals surface area contributed by atoms with Gasteiger partial charge in [-0.2, -0.15) is 0 Å². The molecule has 1 heterocycles. The Kier molecular flexibility index (Phi) is 4.51. The van der Waals surface area contributed by atoms with Gasteiger partial charge in [-0.3, -0.25) is 4.79 Å². The van der Waals surface area contributed by atoms with Crippen LogP contribution in [0.15, 0.2) is 24.3 Å². The van der Waals surface area contributed by atoms with Gasteiger partial charge in [-0.25, -0.2) is 4.79 Å². The van der Waals surface area contributed by atoms with Gasteiger partial charge in [0.05, 0.1) is 11.9 Å². The minimum atomic E-state index is -1.000. The zero-order valence-corrected chi connectivity index (χ0v) is 11.5. The first-order chi connectivity index (χ1) is 9.49. The molecule has 1 aromatic rings. The summed E-state index contributed by atoms with van der Waals surface area (Å²) in [5.74, 6) is -0.447. The third-order valence-electron chi connectivity index (χ3n) is 3.16. The highest BCUT2D eigenvalue weighted by atomic mass is 32.2. The number of phenolic OH excluding ortho intramolecular Hbond substituents is 1. The number of rotatable bonds is 4. The Hall–Kier alpha value is -1.73. The van der Waals surface area contributed by atoms with Crippen molar-refractivity contribution in [3.05, 3.63) is 29.8 Å². The molecule has 7 heteroatoms. The Morgan fingerprint density at radius 3 is 2.65 bits per heavy atom. The molecule has 0 saturated carbocycles. The minimum absolute atomic E-state index is 0.149. The molecule has 1 unspecified atom stereocenters. The number of carboxylic acid groups (broad SMARTS) is 1. The number of carbonyl (C=O) groups excluding carboxylic acids is 1. The molecule has 0 spiro atoms. The Balaban J connectivity index is 2.01. The summed E-state index contributed by atoms with van der Waals surface area (Å²) in [5.41, 5.74) is 6.70. The maximum absolute atomic E-state index is 12.2. The van der Waals surface area contributed by atoms with Gasteiger partial charge in [0, 0.05) is 5.75 Å². The van der Waals surface area contributed by atoms with Gasteiger partial charge in [0.25, 0.3) is 0 Å². The quantitative estimate of drug-likeness (QED) is 0.735. The van der Waals surface area contributed by atoms with E-state index in [1.807, 2.05) is 0 Å². The largest absolute Gasteiger partial charge is 0.508 e. The first kappa shape index (κ1) is 14.7. The topological polar surface area (TPSA) is 104 Å². The molecule has 1 fully saturated rings. The molecule has 1 aliphatic rings. The Morgan fingerprint density at radius 1 is 1.40 bits per heavy atom. The highest BCUT2D eigenvalue weighted by Crippen LogP contribution is 2.22. The van der Waals surface area contributed by atoms with Crippen molar-refractivity contribution in [2.45, 2.75) is 18.5 Å². The van der Waals surface area contributed by atoms with E-state index in [1.54, 1.807) is 12.1 Å². The van der Waals surface area contributed by atoms with Gasteiger partial charge in [0.15, 0.2) is 0 Å². The molecule has 1 amide bonds. The van der Waals surface area contributed by atoms with Crippen LogP contribution in [-0.2, 0) is 16.0 Å². The van der Waals surface area contributed by atoms with Crippen LogP contribution in [0.2, 0.25) is 0 Å². The zero-order valence-electron chi connectivity index (χ0n) is 10.7. The van der Waals surface area contributed by atoms with Crippen LogP contribution >= 0.6 is 11.8 Å². The number of aliphatic carboxylic acids is 1. The van der Waals surface area contributed by atoms with Gasteiger partial charge in [0.1, 0.15) is 11.8 Å². The van der Waals surface area contributed by atoms with Crippen LogP contribution in [0.25, 0.3) is 0 Å². The van der Waals surface area contributed by atoms with E-state index >= 15 is 0 Å². The van der Waals surface area contributed by atoms with Crippen LogP contribution in [-0.4, -0.2) is 50.7 Å². The van der Waals surface area contributed by atoms with Crippen LogP contribution in [0, 0.1) is 0 Å². The summed E-state index contributed by atoms with van der Waals surface area (Å²) in [6.45, 7) is 0. The summed E-state index contributed by atoms with van der Waals surface area (Å²) in [6, 6.07) is 4.86. The summed E-state index contributed by atoms with van der Waals surface area (Å²) in [6.07, 6.45) is 0.312. The summed E-state index contributed by atoms with van der Waals surface area (Å²) in [4.78, 5) is 24.6. The van der Waals surface area contributed by atoms with Crippen molar-refractivity contribution in [1.82, 2.24) is 4.90 Å². The number of carbonyl (C=O) groups is 2. The number of hydrogen-bond acceptors (Lipinski definition) is 5. The highest BCUT2D eigenvalue weighted by Gasteiger charge is 2.36. The first-order valence-corrected chi connectivity index (χ1v) is 7.29. The second-order valence-corrected chi connectivity index (χ2v) is 5.64. The number of thioether (sulfide) groups is 1. The summed E-state index contributed by atoms with van der Waals surface area (Å²) in [5, 5.41) is 18.3. The van der Waals surface area contributed by atoms with E-state index in [0.717, 1.165) is 5.56 Å². The standard InChI is InChI=1S/C13H16N2O4S/c14-10(5-8-1-3-9(16)4-2-8)12(17)15-7-20-6-11(15)13(18)19/h1-4,10-11,16H,5-7,14H2,(H,18,19)/t10-,11?/m0/s1. The van der Waals surface area contributed by atoms with Crippen LogP contribution < -0.4 is 5.73 Å². The van der Waals surface area contributed by atoms with E-state index in [4.69, 9.17) is 10.8 Å². The van der Waals surface area contributed by atoms with Crippen molar-refractivity contribution in [1.29, 1.82) is 0 Å². The summed E-state index contributed by atoms with van der Waals surface area (Å²) >= 11 is 1.41. The van der Waals surface area contributed by atoms with E-state index in [-0.39, 0.29) is 11.7 Å². The molecule has 108 valence electrons. The average molecular weight is 296 g/mol. The number of hydrogen-bond donors (Lipinski definition) is 3. The molecule has 20 heavy (non-hydrogen) atoms. The van der Waals surface area contributed by atoms with Gasteiger partial charge in [-0.05, 0) is 24.1 Å². The lowest BCUT2D eigenvalue weighted by atomic mass is 10.0. The Labute approximate surface area is 120 Å². The lowest BCUT2D eigenvalue weighted by molar-refractivity contribution is -0.148. The van der Waals surface area contributed by atoms with Gasteiger partial charge in [-0.15, -0.1) is 11.8 Å². The maximum atomic E-state index is 12.2. The van der Waals surface area contributed by atoms with E-state index in [2.05, 4.69) is 0 Å². The summed E-state index contributed by atoms with van der Waals surface area (Å²) in [7, 11) is 0. The molecular weight excluding hydrogens is 280 g/mol. The zero-order chi connectivity index (χ0) is 14.7. The second-order valence-electron chi connectivity index (χ2n) is 4.64. The van der Waals surface area contributed by atoms with Crippen LogP contribution in [0.3, 0.4) is 0 Å². The van der Waals surface area contributed by atoms with Gasteiger partial charge >= 0.3 is 5.97 Å². The van der Waals surface area contributed by atoms with Crippen molar-refractivity contribution in [2.24, 2.45) is 5.73 Å². The average Bonchev–Trinajstić information content (AvgIpc) is 2.90. The van der Waals surface area contributed by atoms with E-state index < -0.39 is 18.1 Å². The first-order valence-electron chi connectivity index (χ1n) is 6.13. The Bertz CT molecular complexity index is 506. The number of aromatic hydroxyl groups is 1. The second kappa shape index (κ2) is 6.15. The molecule has 1 saturated heterocycles. The van der Waals surface area contributed by atoms with Crippen LogP contribution in [0.5, 0.6) is 5.75 Å². The molecule has 4 N–H and O–H groups in total. The van der Waals surface area contributed by atoms with Crippen LogP contribution in [0.1, 0.15) is 5.56 Å². The van der Waals surface area contributed by atoms with Crippen molar-refractivity contribution in [2.75, 3.05) is 11.6 Å². The molecule has 2 rings (SSSR count). The number of amides is 1. The molecule has 0 aliphatic carbocycles. The smallest absolute Gasteiger partial charge is 0.327 e. The van der Waals surface area contributed by atoms with Gasteiger partial charge < -0.3 is 20.8 Å². The van der Waals surface area contributed by atoms with Gasteiger partial charge in [-0.1, -0.05) is 12.1 Å². The fourth-order valence-electron chi connectivity index (χ4n) is 2.05. The van der Waals surface area contributed by atoms with Crippen LogP contribution in [0.4, 0.5) is 0 Å². The molecule has 0 bridgehead atoms. The van der Waals surface area contributed by atoms with Crippen molar-refractivity contribution >= 4 is 23.6 Å². The van der Waals surface area contributed by atoms with Crippen molar-refractivity contribution in [3.63, 3.8) is 0 Å². The SMILES string of the molecule is N[C@@H](Cc1ccc(O)cc1)C(=O)N1CSCC1C(=O)O. The minimum Gasteiger partial charge on any atom is -0.508 e. The maximum Gasteiger partial charge on any atom is 0.327 e. The normalized spacial score (nSPS) is 19.9. The lowest BCUT2D eigenvalue weighted by Gasteiger charge is -2.24. The number of benzene rings is 1. The van der Waals surface area contributed by atoms with Crippen molar-refractivity contribution < 1.29 is 19.8 Å². The highest BCUT2D eigenvalue weighted by molar-refractivity contribution is 7.99. The number of nitrogens with zero attached hydrogens (tertiary/aromatic N) is 1. The molecule has 2 atom stereocenters. The number of nitrogens with two attached hydrogens (primary N) is 1. The lowest BCUT2D eigenvalue weighted by Crippen LogP contribution is -2.49.